The third kappa shape index (κ3) is 3.04. The first-order valence-corrected chi connectivity index (χ1v) is 7.05. The second-order valence-corrected chi connectivity index (χ2v) is 5.42. The molecule has 3 rings (SSSR count). The van der Waals surface area contributed by atoms with Crippen molar-refractivity contribution in [2.75, 3.05) is 0 Å². The zero-order chi connectivity index (χ0) is 14.8. The van der Waals surface area contributed by atoms with Gasteiger partial charge in [0, 0.05) is 17.6 Å². The topological polar surface area (TPSA) is 38.9 Å². The fourth-order valence-electron chi connectivity index (χ4n) is 2.36. The number of pyridine rings is 1. The Balaban J connectivity index is 1.85. The van der Waals surface area contributed by atoms with Gasteiger partial charge in [-0.1, -0.05) is 29.8 Å². The van der Waals surface area contributed by atoms with Crippen LogP contribution in [0.4, 0.5) is 4.39 Å². The molecule has 106 valence electrons. The SMILES string of the molecule is NC(Cc1ccc(F)c(Cl)c1)c1ccc2ncccc2c1. The highest BCUT2D eigenvalue weighted by Crippen LogP contribution is 2.23. The minimum Gasteiger partial charge on any atom is -0.324 e. The highest BCUT2D eigenvalue weighted by Gasteiger charge is 2.09. The van der Waals surface area contributed by atoms with Crippen LogP contribution in [0.3, 0.4) is 0 Å². The van der Waals surface area contributed by atoms with E-state index in [2.05, 4.69) is 4.98 Å². The molecule has 1 unspecified atom stereocenters. The van der Waals surface area contributed by atoms with Gasteiger partial charge in [0.05, 0.1) is 10.5 Å². The highest BCUT2D eigenvalue weighted by atomic mass is 35.5. The van der Waals surface area contributed by atoms with Crippen LogP contribution in [0.5, 0.6) is 0 Å². The van der Waals surface area contributed by atoms with Crippen molar-refractivity contribution >= 4 is 22.5 Å². The van der Waals surface area contributed by atoms with E-state index in [-0.39, 0.29) is 11.1 Å². The molecule has 2 nitrogen and oxygen atoms in total. The molecule has 4 heteroatoms. The van der Waals surface area contributed by atoms with E-state index < -0.39 is 5.82 Å². The predicted molar refractivity (Wildman–Crippen MR) is 83.8 cm³/mol. The van der Waals surface area contributed by atoms with Gasteiger partial charge in [-0.15, -0.1) is 0 Å². The summed E-state index contributed by atoms with van der Waals surface area (Å²) in [6, 6.07) is 14.4. The molecule has 1 aromatic heterocycles. The Kier molecular flexibility index (Phi) is 3.86. The zero-order valence-electron chi connectivity index (χ0n) is 11.3. The first-order chi connectivity index (χ1) is 10.1. The lowest BCUT2D eigenvalue weighted by Gasteiger charge is -2.13. The van der Waals surface area contributed by atoms with Crippen molar-refractivity contribution in [2.45, 2.75) is 12.5 Å². The summed E-state index contributed by atoms with van der Waals surface area (Å²) < 4.78 is 13.2. The molecule has 0 saturated carbocycles. The molecule has 2 aromatic carbocycles. The van der Waals surface area contributed by atoms with Crippen LogP contribution in [0, 0.1) is 5.82 Å². The maximum Gasteiger partial charge on any atom is 0.141 e. The number of fused-ring (bicyclic) bond motifs is 1. The van der Waals surface area contributed by atoms with Crippen LogP contribution in [0.15, 0.2) is 54.7 Å². The summed E-state index contributed by atoms with van der Waals surface area (Å²) in [5.41, 5.74) is 9.13. The zero-order valence-corrected chi connectivity index (χ0v) is 12.0. The van der Waals surface area contributed by atoms with Gasteiger partial charge in [-0.3, -0.25) is 4.98 Å². The summed E-state index contributed by atoms with van der Waals surface area (Å²) in [6.45, 7) is 0. The van der Waals surface area contributed by atoms with Crippen molar-refractivity contribution in [3.05, 3.63) is 76.7 Å². The van der Waals surface area contributed by atoms with E-state index in [0.29, 0.717) is 6.42 Å². The van der Waals surface area contributed by atoms with Crippen LogP contribution in [-0.2, 0) is 6.42 Å². The molecule has 0 radical (unpaired) electrons. The van der Waals surface area contributed by atoms with Gasteiger partial charge < -0.3 is 5.73 Å². The number of nitrogens with zero attached hydrogens (tertiary/aromatic N) is 1. The van der Waals surface area contributed by atoms with Gasteiger partial charge in [0.25, 0.3) is 0 Å². The molecular weight excluding hydrogens is 287 g/mol. The van der Waals surface area contributed by atoms with E-state index in [0.717, 1.165) is 22.0 Å². The summed E-state index contributed by atoms with van der Waals surface area (Å²) in [4.78, 5) is 4.29. The smallest absolute Gasteiger partial charge is 0.141 e. The van der Waals surface area contributed by atoms with E-state index in [4.69, 9.17) is 17.3 Å². The summed E-state index contributed by atoms with van der Waals surface area (Å²) in [7, 11) is 0. The monoisotopic (exact) mass is 300 g/mol. The van der Waals surface area contributed by atoms with Gasteiger partial charge in [-0.05, 0) is 47.9 Å². The molecule has 3 aromatic rings. The van der Waals surface area contributed by atoms with Crippen LogP contribution in [-0.4, -0.2) is 4.98 Å². The van der Waals surface area contributed by atoms with Crippen molar-refractivity contribution in [3.63, 3.8) is 0 Å². The largest absolute Gasteiger partial charge is 0.324 e. The minimum atomic E-state index is -0.411. The average Bonchev–Trinajstić information content (AvgIpc) is 2.50. The van der Waals surface area contributed by atoms with Gasteiger partial charge in [0.2, 0.25) is 0 Å². The molecule has 0 spiro atoms. The molecule has 0 saturated heterocycles. The Morgan fingerprint density at radius 2 is 2.00 bits per heavy atom. The molecular formula is C17H14ClFN2. The first kappa shape index (κ1) is 14.0. The third-order valence-electron chi connectivity index (χ3n) is 3.49. The van der Waals surface area contributed by atoms with Crippen LogP contribution in [0.1, 0.15) is 17.2 Å². The Morgan fingerprint density at radius 1 is 1.14 bits per heavy atom. The second-order valence-electron chi connectivity index (χ2n) is 5.01. The Bertz CT molecular complexity index is 789. The Hall–Kier alpha value is -1.97. The van der Waals surface area contributed by atoms with Crippen LogP contribution in [0.2, 0.25) is 5.02 Å². The van der Waals surface area contributed by atoms with Crippen molar-refractivity contribution in [3.8, 4) is 0 Å². The van der Waals surface area contributed by atoms with Crippen LogP contribution >= 0.6 is 11.6 Å². The van der Waals surface area contributed by atoms with Gasteiger partial charge in [-0.25, -0.2) is 4.39 Å². The van der Waals surface area contributed by atoms with Gasteiger partial charge in [-0.2, -0.15) is 0 Å². The Morgan fingerprint density at radius 3 is 2.81 bits per heavy atom. The molecule has 0 aliphatic rings. The molecule has 1 atom stereocenters. The van der Waals surface area contributed by atoms with Crippen molar-refractivity contribution < 1.29 is 4.39 Å². The maximum atomic E-state index is 13.2. The van der Waals surface area contributed by atoms with Crippen LogP contribution in [0.25, 0.3) is 10.9 Å². The quantitative estimate of drug-likeness (QED) is 0.784. The number of rotatable bonds is 3. The van der Waals surface area contributed by atoms with E-state index in [1.165, 1.54) is 6.07 Å². The summed E-state index contributed by atoms with van der Waals surface area (Å²) in [5.74, 6) is -0.411. The molecule has 0 fully saturated rings. The van der Waals surface area contributed by atoms with Gasteiger partial charge in [0.15, 0.2) is 0 Å². The Labute approximate surface area is 127 Å². The summed E-state index contributed by atoms with van der Waals surface area (Å²) in [5, 5.41) is 1.19. The molecule has 1 heterocycles. The number of hydrogen-bond acceptors (Lipinski definition) is 2. The van der Waals surface area contributed by atoms with Crippen molar-refractivity contribution in [1.29, 1.82) is 0 Å². The van der Waals surface area contributed by atoms with Gasteiger partial charge >= 0.3 is 0 Å². The molecule has 0 bridgehead atoms. The predicted octanol–water partition coefficient (Wildman–Crippen LogP) is 4.27. The normalized spacial score (nSPS) is 12.5. The second kappa shape index (κ2) is 5.80. The van der Waals surface area contributed by atoms with Crippen molar-refractivity contribution in [1.82, 2.24) is 4.98 Å². The first-order valence-electron chi connectivity index (χ1n) is 6.67. The van der Waals surface area contributed by atoms with Gasteiger partial charge in [0.1, 0.15) is 5.82 Å². The van der Waals surface area contributed by atoms with Crippen LogP contribution < -0.4 is 5.73 Å². The highest BCUT2D eigenvalue weighted by molar-refractivity contribution is 6.30. The van der Waals surface area contributed by atoms with E-state index in [9.17, 15) is 4.39 Å². The number of hydrogen-bond donors (Lipinski definition) is 1. The maximum absolute atomic E-state index is 13.2. The molecule has 0 amide bonds. The number of benzene rings is 2. The fourth-order valence-corrected chi connectivity index (χ4v) is 2.57. The number of halogens is 2. The van der Waals surface area contributed by atoms with Crippen molar-refractivity contribution in [2.24, 2.45) is 5.73 Å². The lowest BCUT2D eigenvalue weighted by molar-refractivity contribution is 0.626. The van der Waals surface area contributed by atoms with E-state index in [1.54, 1.807) is 18.3 Å². The lowest BCUT2D eigenvalue weighted by atomic mass is 9.98. The molecule has 2 N–H and O–H groups in total. The third-order valence-corrected chi connectivity index (χ3v) is 3.78. The molecule has 21 heavy (non-hydrogen) atoms. The minimum absolute atomic E-state index is 0.127. The lowest BCUT2D eigenvalue weighted by Crippen LogP contribution is -2.13. The van der Waals surface area contributed by atoms with E-state index in [1.807, 2.05) is 30.3 Å². The summed E-state index contributed by atoms with van der Waals surface area (Å²) >= 11 is 5.80. The average molecular weight is 301 g/mol. The number of aromatic nitrogens is 1. The van der Waals surface area contributed by atoms with E-state index >= 15 is 0 Å². The fraction of sp³-hybridized carbons (Fsp3) is 0.118. The number of nitrogens with two attached hydrogens (primary N) is 1. The molecule has 0 aliphatic heterocycles. The summed E-state index contributed by atoms with van der Waals surface area (Å²) in [6.07, 6.45) is 2.37. The standard InChI is InChI=1S/C17H14ClFN2/c18-14-8-11(3-5-15(14)19)9-16(20)12-4-6-17-13(10-12)2-1-7-21-17/h1-8,10,16H,9,20H2. The molecule has 0 aliphatic carbocycles.